The molecule has 0 aliphatic carbocycles. The van der Waals surface area contributed by atoms with Crippen LogP contribution in [0.3, 0.4) is 0 Å². The molecule has 3 aliphatic rings. The van der Waals surface area contributed by atoms with Gasteiger partial charge < -0.3 is 33.7 Å². The van der Waals surface area contributed by atoms with E-state index in [0.29, 0.717) is 0 Å². The number of cyclic esters (lactones) is 2. The standard InChI is InChI=1S/C16H15F4NO6.C6H15N.C4H4O4/c1-21-13-7-8(10(18)12(20)11(19)9(7)17)14(21)16(15(13)25-2)27-6(24)4-26-3-5(22)23;1-4-7(5-2)6-3;5-3-1-7-2-4(6)8-3/h13-16H,3-4H2,1-2H3,(H,22,23);4-6H2,1-3H3;1-2H2/t13-,14?,15+,16?;;/m0../s1. The van der Waals surface area contributed by atoms with Crippen LogP contribution in [0.1, 0.15) is 44.0 Å². The van der Waals surface area contributed by atoms with Gasteiger partial charge in [0.2, 0.25) is 0 Å². The number of esters is 3. The Kier molecular flexibility index (Phi) is 13.2. The first-order valence-corrected chi connectivity index (χ1v) is 13.0. The highest BCUT2D eigenvalue weighted by atomic mass is 19.2. The van der Waals surface area contributed by atoms with Crippen LogP contribution in [-0.2, 0) is 42.9 Å². The zero-order chi connectivity index (χ0) is 31.7. The highest BCUT2D eigenvalue weighted by Crippen LogP contribution is 2.56. The van der Waals surface area contributed by atoms with Crippen molar-refractivity contribution in [3.8, 4) is 0 Å². The smallest absolute Gasteiger partial charge is 0.339 e. The number of halogens is 4. The van der Waals surface area contributed by atoms with E-state index in [4.69, 9.17) is 14.6 Å². The fraction of sp³-hybridized carbons (Fsp3) is 0.615. The second-order valence-electron chi connectivity index (χ2n) is 9.14. The van der Waals surface area contributed by atoms with E-state index >= 15 is 0 Å². The van der Waals surface area contributed by atoms with Gasteiger partial charge in [-0.3, -0.25) is 4.90 Å². The third kappa shape index (κ3) is 8.01. The Morgan fingerprint density at radius 2 is 1.36 bits per heavy atom. The number of rotatable bonds is 9. The van der Waals surface area contributed by atoms with E-state index in [2.05, 4.69) is 39.9 Å². The van der Waals surface area contributed by atoms with Crippen molar-refractivity contribution in [1.82, 2.24) is 9.80 Å². The maximum Gasteiger partial charge on any atom is 0.339 e. The lowest BCUT2D eigenvalue weighted by Gasteiger charge is -2.30. The number of fused-ring (bicyclic) bond motifs is 5. The van der Waals surface area contributed by atoms with Crippen molar-refractivity contribution >= 4 is 23.9 Å². The molecule has 42 heavy (non-hydrogen) atoms. The van der Waals surface area contributed by atoms with E-state index in [1.54, 1.807) is 0 Å². The minimum absolute atomic E-state index is 0.105. The molecule has 4 atom stereocenters. The zero-order valence-electron chi connectivity index (χ0n) is 23.8. The highest BCUT2D eigenvalue weighted by molar-refractivity contribution is 5.88. The first-order chi connectivity index (χ1) is 19.8. The summed E-state index contributed by atoms with van der Waals surface area (Å²) in [5.41, 5.74) is -0.809. The van der Waals surface area contributed by atoms with Gasteiger partial charge >= 0.3 is 23.9 Å². The normalized spacial score (nSPS) is 22.5. The molecule has 4 rings (SSSR count). The Balaban J connectivity index is 0.000000335. The molecule has 236 valence electrons. The molecule has 12 nitrogen and oxygen atoms in total. The van der Waals surface area contributed by atoms with Gasteiger partial charge in [-0.15, -0.1) is 0 Å². The molecule has 1 aromatic rings. The molecular formula is C26H34F4N2O10. The first-order valence-electron chi connectivity index (χ1n) is 13.0. The van der Waals surface area contributed by atoms with Crippen LogP contribution >= 0.6 is 0 Å². The topological polar surface area (TPSA) is 141 Å². The van der Waals surface area contributed by atoms with Gasteiger partial charge in [-0.2, -0.15) is 0 Å². The van der Waals surface area contributed by atoms with Crippen LogP contribution in [0.2, 0.25) is 0 Å². The maximum absolute atomic E-state index is 14.3. The van der Waals surface area contributed by atoms with E-state index < -0.39 is 90.2 Å². The van der Waals surface area contributed by atoms with Crippen molar-refractivity contribution in [3.63, 3.8) is 0 Å². The van der Waals surface area contributed by atoms with E-state index in [1.165, 1.54) is 38.7 Å². The van der Waals surface area contributed by atoms with Crippen LogP contribution in [0.4, 0.5) is 17.6 Å². The summed E-state index contributed by atoms with van der Waals surface area (Å²) < 4.78 is 79.5. The average molecular weight is 611 g/mol. The molecule has 0 amide bonds. The fourth-order valence-corrected chi connectivity index (χ4v) is 4.85. The molecule has 2 bridgehead atoms. The number of hydrogen-bond donors (Lipinski definition) is 1. The maximum atomic E-state index is 14.3. The summed E-state index contributed by atoms with van der Waals surface area (Å²) in [7, 11) is 2.69. The molecule has 16 heteroatoms. The predicted molar refractivity (Wildman–Crippen MR) is 134 cm³/mol. The quantitative estimate of drug-likeness (QED) is 0.143. The summed E-state index contributed by atoms with van der Waals surface area (Å²) in [6.45, 7) is 8.49. The Morgan fingerprint density at radius 1 is 0.881 bits per heavy atom. The predicted octanol–water partition coefficient (Wildman–Crippen LogP) is 1.75. The lowest BCUT2D eigenvalue weighted by molar-refractivity contribution is -0.174. The monoisotopic (exact) mass is 610 g/mol. The second-order valence-corrected chi connectivity index (χ2v) is 9.14. The van der Waals surface area contributed by atoms with Crippen molar-refractivity contribution in [3.05, 3.63) is 34.4 Å². The van der Waals surface area contributed by atoms with Crippen LogP contribution in [0.25, 0.3) is 0 Å². The van der Waals surface area contributed by atoms with Gasteiger partial charge in [0.05, 0.1) is 12.1 Å². The number of aliphatic carboxylic acids is 1. The van der Waals surface area contributed by atoms with E-state index in [9.17, 15) is 36.7 Å². The number of carboxylic acid groups (broad SMARTS) is 1. The van der Waals surface area contributed by atoms with Crippen LogP contribution in [0, 0.1) is 23.3 Å². The van der Waals surface area contributed by atoms with Gasteiger partial charge in [-0.1, -0.05) is 20.8 Å². The number of nitrogens with zero attached hydrogens (tertiary/aromatic N) is 2. The van der Waals surface area contributed by atoms with Crippen LogP contribution in [0.15, 0.2) is 0 Å². The molecule has 0 aromatic heterocycles. The van der Waals surface area contributed by atoms with Gasteiger partial charge in [0.15, 0.2) is 23.3 Å². The Morgan fingerprint density at radius 3 is 1.71 bits per heavy atom. The van der Waals surface area contributed by atoms with Crippen LogP contribution < -0.4 is 0 Å². The Bertz CT molecular complexity index is 1130. The summed E-state index contributed by atoms with van der Waals surface area (Å²) in [6, 6.07) is -2.11. The lowest BCUT2D eigenvalue weighted by atomic mass is 9.86. The Labute approximate surface area is 239 Å². The number of methoxy groups -OCH3 is 1. The van der Waals surface area contributed by atoms with E-state index in [-0.39, 0.29) is 18.8 Å². The molecule has 3 heterocycles. The minimum Gasteiger partial charge on any atom is -0.480 e. The lowest BCUT2D eigenvalue weighted by Crippen LogP contribution is -2.39. The number of likely N-dealkylation sites (N-methyl/N-ethyl adjacent to an activating group) is 1. The second kappa shape index (κ2) is 15.9. The molecule has 0 saturated carbocycles. The molecule has 2 unspecified atom stereocenters. The van der Waals surface area contributed by atoms with Crippen LogP contribution in [-0.4, -0.2) is 111 Å². The van der Waals surface area contributed by atoms with Crippen molar-refractivity contribution in [2.75, 3.05) is 60.2 Å². The average Bonchev–Trinajstić information content (AvgIpc) is 3.38. The van der Waals surface area contributed by atoms with Crippen molar-refractivity contribution in [2.24, 2.45) is 0 Å². The molecule has 3 aliphatic heterocycles. The minimum atomic E-state index is -1.95. The van der Waals surface area contributed by atoms with E-state index in [1.807, 2.05) is 0 Å². The first kappa shape index (κ1) is 35.0. The van der Waals surface area contributed by atoms with Crippen molar-refractivity contribution in [2.45, 2.75) is 45.1 Å². The molecular weight excluding hydrogens is 576 g/mol. The number of hydrogen-bond acceptors (Lipinski definition) is 11. The molecule has 0 radical (unpaired) electrons. The molecule has 0 spiro atoms. The summed E-state index contributed by atoms with van der Waals surface area (Å²) >= 11 is 0. The number of benzene rings is 1. The van der Waals surface area contributed by atoms with Gasteiger partial charge in [0, 0.05) is 18.2 Å². The summed E-state index contributed by atoms with van der Waals surface area (Å²) in [5, 5.41) is 8.48. The number of carbonyl (C=O) groups is 4. The zero-order valence-corrected chi connectivity index (χ0v) is 23.8. The van der Waals surface area contributed by atoms with Gasteiger partial charge in [-0.25, -0.2) is 36.7 Å². The van der Waals surface area contributed by atoms with Crippen molar-refractivity contribution in [1.29, 1.82) is 0 Å². The van der Waals surface area contributed by atoms with Gasteiger partial charge in [0.25, 0.3) is 0 Å². The molecule has 1 N–H and O–H groups in total. The molecule has 2 fully saturated rings. The number of ether oxygens (including phenoxy) is 5. The molecule has 1 aromatic carbocycles. The van der Waals surface area contributed by atoms with Gasteiger partial charge in [-0.05, 0) is 26.7 Å². The van der Waals surface area contributed by atoms with Gasteiger partial charge in [0.1, 0.15) is 38.6 Å². The fourth-order valence-electron chi connectivity index (χ4n) is 4.85. The third-order valence-corrected chi connectivity index (χ3v) is 6.75. The largest absolute Gasteiger partial charge is 0.480 e. The van der Waals surface area contributed by atoms with Crippen molar-refractivity contribution < 1.29 is 65.5 Å². The van der Waals surface area contributed by atoms with Crippen LogP contribution in [0.5, 0.6) is 0 Å². The number of carboxylic acids is 1. The van der Waals surface area contributed by atoms with E-state index in [0.717, 1.165) is 0 Å². The number of carbonyl (C=O) groups excluding carboxylic acids is 3. The summed E-state index contributed by atoms with van der Waals surface area (Å²) in [4.78, 5) is 46.3. The summed E-state index contributed by atoms with van der Waals surface area (Å²) in [5.74, 6) is -10.4. The third-order valence-electron chi connectivity index (χ3n) is 6.75. The SMILES string of the molecule is CCN(CC)CC.CO[C@H]1C(OC(=O)COCC(=O)O)C2c3c(F)c(F)c(F)c(F)c3[C@@H]1N2C.O=C1COCC(=O)O1. The molecule has 2 saturated heterocycles. The Hall–Kier alpha value is -3.18. The summed E-state index contributed by atoms with van der Waals surface area (Å²) in [6.07, 6.45) is -2.13. The highest BCUT2D eigenvalue weighted by Gasteiger charge is 2.60.